The molecule has 1 unspecified atom stereocenters. The normalized spacial score (nSPS) is 18.3. The van der Waals surface area contributed by atoms with Crippen molar-refractivity contribution in [2.75, 3.05) is 25.5 Å². The van der Waals surface area contributed by atoms with Crippen LogP contribution in [0.2, 0.25) is 0 Å². The first-order chi connectivity index (χ1) is 14.7. The third kappa shape index (κ3) is 3.60. The quantitative estimate of drug-likeness (QED) is 0.646. The first kappa shape index (κ1) is 19.2. The van der Waals surface area contributed by atoms with Crippen molar-refractivity contribution in [1.82, 2.24) is 25.1 Å². The molecule has 0 spiro atoms. The average molecular weight is 403 g/mol. The van der Waals surface area contributed by atoms with Crippen molar-refractivity contribution in [3.63, 3.8) is 0 Å². The second-order valence-electron chi connectivity index (χ2n) is 8.80. The topological polar surface area (TPSA) is 50.1 Å². The van der Waals surface area contributed by atoms with E-state index >= 15 is 0 Å². The molecule has 5 rings (SSSR count). The molecule has 1 atom stereocenters. The molecule has 0 saturated heterocycles. The molecule has 6 nitrogen and oxygen atoms in total. The largest absolute Gasteiger partial charge is 0.378 e. The molecule has 0 bridgehead atoms. The average Bonchev–Trinajstić information content (AvgIpc) is 3.46. The molecule has 1 aliphatic heterocycles. The van der Waals surface area contributed by atoms with Gasteiger partial charge in [0.2, 0.25) is 0 Å². The molecule has 30 heavy (non-hydrogen) atoms. The Morgan fingerprint density at radius 2 is 1.70 bits per heavy atom. The van der Waals surface area contributed by atoms with Crippen LogP contribution < -0.4 is 4.90 Å². The highest BCUT2D eigenvalue weighted by Gasteiger charge is 2.32. The molecule has 2 aliphatic rings. The second-order valence-corrected chi connectivity index (χ2v) is 8.80. The molecule has 2 aromatic carbocycles. The maximum Gasteiger partial charge on any atom is 0.173 e. The van der Waals surface area contributed by atoms with E-state index in [-0.39, 0.29) is 6.04 Å². The Kier molecular flexibility index (Phi) is 5.25. The van der Waals surface area contributed by atoms with E-state index in [1.165, 1.54) is 48.1 Å². The van der Waals surface area contributed by atoms with Crippen molar-refractivity contribution in [1.29, 1.82) is 0 Å². The predicted octanol–water partition coefficient (Wildman–Crippen LogP) is 4.00. The minimum absolute atomic E-state index is 0.0603. The maximum atomic E-state index is 4.58. The number of aromatic nitrogens is 4. The Bertz CT molecular complexity index is 987. The smallest absolute Gasteiger partial charge is 0.173 e. The molecule has 0 N–H and O–H groups in total. The fraction of sp³-hybridized carbons (Fsp3) is 0.458. The molecule has 3 aromatic rings. The van der Waals surface area contributed by atoms with Crippen molar-refractivity contribution in [3.05, 3.63) is 71.0 Å². The van der Waals surface area contributed by atoms with Crippen molar-refractivity contribution in [3.8, 4) is 0 Å². The first-order valence-corrected chi connectivity index (χ1v) is 11.1. The summed E-state index contributed by atoms with van der Waals surface area (Å²) in [5.41, 5.74) is 5.34. The van der Waals surface area contributed by atoms with E-state index in [0.717, 1.165) is 25.3 Å². The number of benzene rings is 2. The van der Waals surface area contributed by atoms with E-state index < -0.39 is 0 Å². The lowest BCUT2D eigenvalue weighted by molar-refractivity contribution is 0.191. The van der Waals surface area contributed by atoms with E-state index in [1.54, 1.807) is 0 Å². The summed E-state index contributed by atoms with van der Waals surface area (Å²) in [4.78, 5) is 4.68. The summed E-state index contributed by atoms with van der Waals surface area (Å²) in [6, 6.07) is 18.2. The van der Waals surface area contributed by atoms with Gasteiger partial charge in [0, 0.05) is 32.9 Å². The van der Waals surface area contributed by atoms with Gasteiger partial charge in [0.05, 0.1) is 12.1 Å². The number of hydrogen-bond acceptors (Lipinski definition) is 5. The van der Waals surface area contributed by atoms with Crippen molar-refractivity contribution < 1.29 is 0 Å². The minimum atomic E-state index is 0.0603. The molecular formula is C24H30N6. The molecular weight excluding hydrogens is 372 g/mol. The van der Waals surface area contributed by atoms with Gasteiger partial charge in [-0.05, 0) is 58.5 Å². The number of fused-ring (bicyclic) bond motifs is 1. The molecule has 1 aromatic heterocycles. The van der Waals surface area contributed by atoms with Crippen LogP contribution in [0.25, 0.3) is 0 Å². The fourth-order valence-electron chi connectivity index (χ4n) is 5.01. The van der Waals surface area contributed by atoms with Crippen LogP contribution in [0, 0.1) is 0 Å². The van der Waals surface area contributed by atoms with E-state index in [1.807, 2.05) is 0 Å². The van der Waals surface area contributed by atoms with Gasteiger partial charge >= 0.3 is 0 Å². The Hall–Kier alpha value is -2.73. The van der Waals surface area contributed by atoms with Gasteiger partial charge in [-0.2, -0.15) is 0 Å². The lowest BCUT2D eigenvalue weighted by Crippen LogP contribution is -2.36. The third-order valence-corrected chi connectivity index (χ3v) is 6.68. The van der Waals surface area contributed by atoms with Gasteiger partial charge in [0.25, 0.3) is 0 Å². The number of anilines is 1. The van der Waals surface area contributed by atoms with E-state index in [2.05, 4.69) is 92.6 Å². The molecule has 0 radical (unpaired) electrons. The molecule has 1 aliphatic carbocycles. The summed E-state index contributed by atoms with van der Waals surface area (Å²) in [5, 5.41) is 13.2. The summed E-state index contributed by atoms with van der Waals surface area (Å²) < 4.78 is 2.12. The van der Waals surface area contributed by atoms with E-state index in [0.29, 0.717) is 6.04 Å². The summed E-state index contributed by atoms with van der Waals surface area (Å²) in [6.07, 6.45) is 5.94. The van der Waals surface area contributed by atoms with Gasteiger partial charge in [0.1, 0.15) is 0 Å². The predicted molar refractivity (Wildman–Crippen MR) is 118 cm³/mol. The van der Waals surface area contributed by atoms with Crippen LogP contribution in [0.5, 0.6) is 0 Å². The SMILES string of the molecule is CN(C)c1ccc(C(c2nnnn2C2CCCC2)N2CCc3ccccc3C2)cc1. The van der Waals surface area contributed by atoms with Gasteiger partial charge in [-0.15, -0.1) is 5.10 Å². The van der Waals surface area contributed by atoms with Crippen LogP contribution in [0.4, 0.5) is 5.69 Å². The Labute approximate surface area is 178 Å². The fourth-order valence-corrected chi connectivity index (χ4v) is 5.01. The van der Waals surface area contributed by atoms with E-state index in [9.17, 15) is 0 Å². The molecule has 1 saturated carbocycles. The highest BCUT2D eigenvalue weighted by Crippen LogP contribution is 2.36. The molecule has 156 valence electrons. The lowest BCUT2D eigenvalue weighted by Gasteiger charge is -2.35. The van der Waals surface area contributed by atoms with Crippen LogP contribution in [-0.4, -0.2) is 45.7 Å². The van der Waals surface area contributed by atoms with Gasteiger partial charge < -0.3 is 4.90 Å². The summed E-state index contributed by atoms with van der Waals surface area (Å²) >= 11 is 0. The van der Waals surface area contributed by atoms with Crippen molar-refractivity contribution in [2.45, 2.75) is 50.7 Å². The molecule has 1 fully saturated rings. The molecule has 0 amide bonds. The summed E-state index contributed by atoms with van der Waals surface area (Å²) in [5.74, 6) is 0.985. The summed E-state index contributed by atoms with van der Waals surface area (Å²) in [6.45, 7) is 1.93. The van der Waals surface area contributed by atoms with Gasteiger partial charge in [-0.1, -0.05) is 49.2 Å². The monoisotopic (exact) mass is 402 g/mol. The minimum Gasteiger partial charge on any atom is -0.378 e. The standard InChI is InChI=1S/C24H30N6/c1-28(2)21-13-11-19(12-14-21)23(24-25-26-27-30(24)22-9-5-6-10-22)29-16-15-18-7-3-4-8-20(18)17-29/h3-4,7-8,11-14,22-23H,5-6,9-10,15-17H2,1-2H3. The van der Waals surface area contributed by atoms with Crippen LogP contribution in [0.15, 0.2) is 48.5 Å². The Balaban J connectivity index is 1.54. The van der Waals surface area contributed by atoms with Gasteiger partial charge in [0.15, 0.2) is 5.82 Å². The second kappa shape index (κ2) is 8.19. The first-order valence-electron chi connectivity index (χ1n) is 11.1. The number of hydrogen-bond donors (Lipinski definition) is 0. The Morgan fingerprint density at radius 3 is 2.43 bits per heavy atom. The Morgan fingerprint density at radius 1 is 0.967 bits per heavy atom. The summed E-state index contributed by atoms with van der Waals surface area (Å²) in [7, 11) is 4.16. The lowest BCUT2D eigenvalue weighted by atomic mass is 9.95. The van der Waals surface area contributed by atoms with Crippen LogP contribution in [-0.2, 0) is 13.0 Å². The molecule has 6 heteroatoms. The maximum absolute atomic E-state index is 4.58. The number of rotatable bonds is 5. The van der Waals surface area contributed by atoms with Gasteiger partial charge in [-0.25, -0.2) is 4.68 Å². The molecule has 2 heterocycles. The number of tetrazole rings is 1. The highest BCUT2D eigenvalue weighted by atomic mass is 15.6. The third-order valence-electron chi connectivity index (χ3n) is 6.68. The van der Waals surface area contributed by atoms with Crippen molar-refractivity contribution in [2.24, 2.45) is 0 Å². The van der Waals surface area contributed by atoms with Crippen LogP contribution in [0.1, 0.15) is 60.3 Å². The van der Waals surface area contributed by atoms with Gasteiger partial charge in [-0.3, -0.25) is 4.90 Å². The number of nitrogens with zero attached hydrogens (tertiary/aromatic N) is 6. The zero-order chi connectivity index (χ0) is 20.5. The zero-order valence-corrected chi connectivity index (χ0v) is 17.9. The van der Waals surface area contributed by atoms with Crippen LogP contribution in [0.3, 0.4) is 0 Å². The van der Waals surface area contributed by atoms with Crippen molar-refractivity contribution >= 4 is 5.69 Å². The van der Waals surface area contributed by atoms with Crippen LogP contribution >= 0.6 is 0 Å². The van der Waals surface area contributed by atoms with E-state index in [4.69, 9.17) is 0 Å². The zero-order valence-electron chi connectivity index (χ0n) is 17.9. The highest BCUT2D eigenvalue weighted by molar-refractivity contribution is 5.47.